The average molecular weight is 923 g/mol. The number of benzene rings is 1. The van der Waals surface area contributed by atoms with Gasteiger partial charge in [0.05, 0.1) is 24.0 Å². The number of carbonyl (C=O) groups excluding carboxylic acids is 8. The van der Waals surface area contributed by atoms with Crippen LogP contribution in [0.2, 0.25) is 0 Å². The van der Waals surface area contributed by atoms with Crippen LogP contribution in [0.5, 0.6) is 0 Å². The quantitative estimate of drug-likeness (QED) is 0.198. The maximum Gasteiger partial charge on any atom is 0.303 e. The molecule has 1 rings (SSSR count). The van der Waals surface area contributed by atoms with Crippen molar-refractivity contribution in [2.24, 2.45) is 11.8 Å². The lowest BCUT2D eigenvalue weighted by atomic mass is 9.98. The average Bonchev–Trinajstić information content (AvgIpc) is 2.86. The van der Waals surface area contributed by atoms with E-state index in [0.717, 1.165) is 6.92 Å². The Morgan fingerprint density at radius 1 is 0.690 bits per heavy atom. The van der Waals surface area contributed by atoms with E-state index in [-0.39, 0.29) is 69.4 Å². The van der Waals surface area contributed by atoms with Gasteiger partial charge in [0.15, 0.2) is 6.61 Å². The Morgan fingerprint density at radius 3 is 1.38 bits per heavy atom. The van der Waals surface area contributed by atoms with Gasteiger partial charge < -0.3 is 29.9 Å². The predicted octanol–water partition coefficient (Wildman–Crippen LogP) is 2.85. The third-order valence-electron chi connectivity index (χ3n) is 6.09. The SMILES string of the molecule is CC(=O)CC(CNC(=O)c1c(I)c(C(=O)NCC(CC(C)=O)C(C)=O)c(I)c(N(C)C(=O)COC(C)=O)c1I)C(C)=O. The molecule has 0 aliphatic heterocycles. The first kappa shape index (κ1) is 38.0. The van der Waals surface area contributed by atoms with Gasteiger partial charge in [-0.05, 0) is 95.5 Å². The number of likely N-dealkylation sites (N-methyl/N-ethyl adjacent to an activating group) is 1. The second kappa shape index (κ2) is 17.3. The van der Waals surface area contributed by atoms with Gasteiger partial charge in [-0.3, -0.25) is 28.8 Å². The fourth-order valence-electron chi connectivity index (χ4n) is 3.75. The second-order valence-electron chi connectivity index (χ2n) is 9.62. The van der Waals surface area contributed by atoms with Crippen molar-refractivity contribution in [3.8, 4) is 0 Å². The lowest BCUT2D eigenvalue weighted by Crippen LogP contribution is -2.38. The summed E-state index contributed by atoms with van der Waals surface area (Å²) in [6, 6.07) is 0. The third-order valence-corrected chi connectivity index (χ3v) is 9.27. The molecule has 12 nitrogen and oxygen atoms in total. The summed E-state index contributed by atoms with van der Waals surface area (Å²) in [7, 11) is 1.40. The summed E-state index contributed by atoms with van der Waals surface area (Å²) >= 11 is 5.59. The standard InChI is InChI=1S/C27H32I3N3O9/c1-12(34)7-17(14(3)36)9-31-26(40)20-22(28)21(27(41)32-10-18(15(4)37)8-13(2)35)24(30)25(23(20)29)33(6)19(39)11-42-16(5)38/h17-18H,7-11H2,1-6H3,(H,31,40)(H,32,41). The first-order valence-electron chi connectivity index (χ1n) is 12.6. The van der Waals surface area contributed by atoms with Crippen molar-refractivity contribution in [3.63, 3.8) is 0 Å². The van der Waals surface area contributed by atoms with Crippen LogP contribution < -0.4 is 15.5 Å². The number of ketones is 4. The summed E-state index contributed by atoms with van der Waals surface area (Å²) in [5, 5.41) is 5.33. The van der Waals surface area contributed by atoms with Gasteiger partial charge in [0.2, 0.25) is 0 Å². The number of anilines is 1. The van der Waals surface area contributed by atoms with Crippen molar-refractivity contribution >= 4 is 120 Å². The number of halogens is 3. The summed E-state index contributed by atoms with van der Waals surface area (Å²) in [4.78, 5) is 99.6. The highest BCUT2D eigenvalue weighted by molar-refractivity contribution is 14.1. The van der Waals surface area contributed by atoms with E-state index in [9.17, 15) is 38.4 Å². The lowest BCUT2D eigenvalue weighted by Gasteiger charge is -2.25. The summed E-state index contributed by atoms with van der Waals surface area (Å²) in [6.45, 7) is 5.64. The Morgan fingerprint density at radius 2 is 1.07 bits per heavy atom. The molecular weight excluding hydrogens is 891 g/mol. The fraction of sp³-hybridized carbons (Fsp3) is 0.481. The zero-order chi connectivity index (χ0) is 32.5. The number of carbonyl (C=O) groups is 8. The Kier molecular flexibility index (Phi) is 15.7. The number of nitrogens with one attached hydrogen (secondary N) is 2. The summed E-state index contributed by atoms with van der Waals surface area (Å²) < 4.78 is 5.67. The van der Waals surface area contributed by atoms with E-state index in [1.807, 2.05) is 67.8 Å². The molecule has 15 heteroatoms. The highest BCUT2D eigenvalue weighted by Gasteiger charge is 2.32. The van der Waals surface area contributed by atoms with Gasteiger partial charge in [0, 0.05) is 55.3 Å². The molecule has 1 aromatic rings. The maximum absolute atomic E-state index is 13.5. The molecule has 0 saturated carbocycles. The smallest absolute Gasteiger partial charge is 0.303 e. The van der Waals surface area contributed by atoms with E-state index in [4.69, 9.17) is 4.74 Å². The zero-order valence-electron chi connectivity index (χ0n) is 23.9. The molecular formula is C27H32I3N3O9. The van der Waals surface area contributed by atoms with Crippen molar-refractivity contribution in [2.75, 3.05) is 31.6 Å². The van der Waals surface area contributed by atoms with Gasteiger partial charge in [-0.2, -0.15) is 0 Å². The van der Waals surface area contributed by atoms with Gasteiger partial charge in [-0.1, -0.05) is 0 Å². The Balaban J connectivity index is 3.66. The van der Waals surface area contributed by atoms with Crippen molar-refractivity contribution in [1.82, 2.24) is 10.6 Å². The molecule has 0 spiro atoms. The number of hydrogen-bond acceptors (Lipinski definition) is 9. The molecule has 0 heterocycles. The number of ether oxygens (including phenoxy) is 1. The molecule has 2 atom stereocenters. The normalized spacial score (nSPS) is 12.0. The number of amides is 3. The number of esters is 1. The molecule has 0 aliphatic rings. The van der Waals surface area contributed by atoms with Crippen LogP contribution in [0.4, 0.5) is 5.69 Å². The molecule has 230 valence electrons. The molecule has 0 aromatic heterocycles. The predicted molar refractivity (Wildman–Crippen MR) is 178 cm³/mol. The zero-order valence-corrected chi connectivity index (χ0v) is 30.4. The van der Waals surface area contributed by atoms with Crippen molar-refractivity contribution in [2.45, 2.75) is 47.5 Å². The Hall–Kier alpha value is -2.03. The van der Waals surface area contributed by atoms with Crippen molar-refractivity contribution in [3.05, 3.63) is 21.8 Å². The highest BCUT2D eigenvalue weighted by Crippen LogP contribution is 2.37. The number of rotatable bonds is 15. The van der Waals surface area contributed by atoms with Gasteiger partial charge in [0.1, 0.15) is 23.1 Å². The first-order chi connectivity index (χ1) is 19.4. The minimum Gasteiger partial charge on any atom is -0.456 e. The van der Waals surface area contributed by atoms with Crippen molar-refractivity contribution in [1.29, 1.82) is 0 Å². The van der Waals surface area contributed by atoms with E-state index < -0.39 is 42.1 Å². The molecule has 42 heavy (non-hydrogen) atoms. The molecule has 0 bridgehead atoms. The van der Waals surface area contributed by atoms with E-state index in [0.29, 0.717) is 7.14 Å². The van der Waals surface area contributed by atoms with Crippen LogP contribution in [0, 0.1) is 22.5 Å². The van der Waals surface area contributed by atoms with E-state index in [2.05, 4.69) is 10.6 Å². The monoisotopic (exact) mass is 923 g/mol. The maximum atomic E-state index is 13.5. The van der Waals surface area contributed by atoms with Crippen molar-refractivity contribution < 1.29 is 43.1 Å². The van der Waals surface area contributed by atoms with Gasteiger partial charge in [-0.15, -0.1) is 0 Å². The van der Waals surface area contributed by atoms with E-state index in [1.165, 1.54) is 39.6 Å². The van der Waals surface area contributed by atoms with Gasteiger partial charge in [-0.25, -0.2) is 0 Å². The van der Waals surface area contributed by atoms with Gasteiger partial charge in [0.25, 0.3) is 17.7 Å². The minimum absolute atomic E-state index is 0.0425. The molecule has 0 aliphatic carbocycles. The topological polar surface area (TPSA) is 173 Å². The number of Topliss-reactive ketones (excluding diaryl/α,β-unsaturated/α-hetero) is 4. The second-order valence-corrected chi connectivity index (χ2v) is 12.9. The molecule has 2 unspecified atom stereocenters. The Bertz CT molecular complexity index is 1240. The fourth-order valence-corrected chi connectivity index (χ4v) is 8.62. The van der Waals surface area contributed by atoms with E-state index in [1.54, 1.807) is 0 Å². The third kappa shape index (κ3) is 10.9. The molecule has 0 radical (unpaired) electrons. The van der Waals surface area contributed by atoms with Crippen LogP contribution in [0.3, 0.4) is 0 Å². The summed E-state index contributed by atoms with van der Waals surface area (Å²) in [6.07, 6.45) is -0.110. The van der Waals surface area contributed by atoms with Crippen LogP contribution in [-0.4, -0.2) is 73.6 Å². The molecule has 0 saturated heterocycles. The minimum atomic E-state index is -0.745. The largest absolute Gasteiger partial charge is 0.456 e. The molecule has 0 fully saturated rings. The number of hydrogen-bond donors (Lipinski definition) is 2. The van der Waals surface area contributed by atoms with Crippen LogP contribution in [0.15, 0.2) is 0 Å². The van der Waals surface area contributed by atoms with Gasteiger partial charge >= 0.3 is 5.97 Å². The van der Waals surface area contributed by atoms with Crippen LogP contribution >= 0.6 is 67.8 Å². The number of nitrogens with zero attached hydrogens (tertiary/aromatic N) is 1. The van der Waals surface area contributed by atoms with E-state index >= 15 is 0 Å². The van der Waals surface area contributed by atoms with Crippen LogP contribution in [-0.2, 0) is 33.5 Å². The van der Waals surface area contributed by atoms with Crippen LogP contribution in [0.1, 0.15) is 68.2 Å². The molecule has 3 amide bonds. The lowest BCUT2D eigenvalue weighted by molar-refractivity contribution is -0.145. The van der Waals surface area contributed by atoms with Crippen LogP contribution in [0.25, 0.3) is 0 Å². The highest BCUT2D eigenvalue weighted by atomic mass is 127. The molecule has 2 N–H and O–H groups in total. The summed E-state index contributed by atoms with van der Waals surface area (Å²) in [5.41, 5.74) is 0.282. The summed E-state index contributed by atoms with van der Waals surface area (Å²) in [5.74, 6) is -5.07. The molecule has 1 aromatic carbocycles. The Labute approximate surface area is 284 Å². The first-order valence-corrected chi connectivity index (χ1v) is 15.8.